The lowest BCUT2D eigenvalue weighted by Gasteiger charge is -2.10. The van der Waals surface area contributed by atoms with E-state index in [0.717, 1.165) is 5.56 Å². The third-order valence-corrected chi connectivity index (χ3v) is 2.79. The lowest BCUT2D eigenvalue weighted by Crippen LogP contribution is -2.06. The molecule has 0 atom stereocenters. The second-order valence-electron chi connectivity index (χ2n) is 4.14. The van der Waals surface area contributed by atoms with E-state index < -0.39 is 11.8 Å². The van der Waals surface area contributed by atoms with Crippen LogP contribution in [0.15, 0.2) is 42.5 Å². The molecule has 0 unspecified atom stereocenters. The van der Waals surface area contributed by atoms with Gasteiger partial charge in [-0.1, -0.05) is 30.3 Å². The van der Waals surface area contributed by atoms with Crippen molar-refractivity contribution < 1.29 is 19.0 Å². The summed E-state index contributed by atoms with van der Waals surface area (Å²) < 4.78 is 19.4. The Hall–Kier alpha value is -2.36. The largest absolute Gasteiger partial charge is 0.489 e. The van der Waals surface area contributed by atoms with E-state index in [4.69, 9.17) is 9.84 Å². The van der Waals surface area contributed by atoms with Crippen LogP contribution in [0.4, 0.5) is 4.39 Å². The van der Waals surface area contributed by atoms with Crippen molar-refractivity contribution in [2.24, 2.45) is 0 Å². The summed E-state index contributed by atoms with van der Waals surface area (Å²) in [4.78, 5) is 10.8. The van der Waals surface area contributed by atoms with Crippen molar-refractivity contribution in [3.8, 4) is 5.75 Å². The molecule has 3 nitrogen and oxygen atoms in total. The van der Waals surface area contributed by atoms with Gasteiger partial charge in [0.1, 0.15) is 18.2 Å². The molecule has 2 aromatic carbocycles. The first-order valence-electron chi connectivity index (χ1n) is 5.78. The van der Waals surface area contributed by atoms with E-state index >= 15 is 0 Å². The number of carbonyl (C=O) groups is 1. The van der Waals surface area contributed by atoms with Crippen LogP contribution in [0.2, 0.25) is 0 Å². The van der Waals surface area contributed by atoms with E-state index in [1.807, 2.05) is 25.1 Å². The molecule has 1 N–H and O–H groups in total. The highest BCUT2D eigenvalue weighted by Gasteiger charge is 2.14. The third-order valence-electron chi connectivity index (χ3n) is 2.79. The Morgan fingerprint density at radius 1 is 1.21 bits per heavy atom. The van der Waals surface area contributed by atoms with Gasteiger partial charge in [-0.25, -0.2) is 9.18 Å². The molecule has 0 aliphatic heterocycles. The normalized spacial score (nSPS) is 10.2. The number of para-hydroxylation sites is 1. The molecule has 2 aromatic rings. The summed E-state index contributed by atoms with van der Waals surface area (Å²) in [6.07, 6.45) is 0. The minimum absolute atomic E-state index is 0.00218. The van der Waals surface area contributed by atoms with E-state index in [1.165, 1.54) is 18.2 Å². The van der Waals surface area contributed by atoms with E-state index in [-0.39, 0.29) is 17.7 Å². The number of ether oxygens (including phenoxy) is 1. The number of rotatable bonds is 4. The predicted octanol–water partition coefficient (Wildman–Crippen LogP) is 3.41. The summed E-state index contributed by atoms with van der Waals surface area (Å²) in [6.45, 7) is 1.89. The molecule has 0 bridgehead atoms. The average molecular weight is 260 g/mol. The van der Waals surface area contributed by atoms with Crippen molar-refractivity contribution in [3.63, 3.8) is 0 Å². The molecule has 2 rings (SSSR count). The first kappa shape index (κ1) is 13.1. The highest BCUT2D eigenvalue weighted by molar-refractivity contribution is 5.88. The zero-order chi connectivity index (χ0) is 13.8. The number of aromatic carboxylic acids is 1. The lowest BCUT2D eigenvalue weighted by molar-refractivity contribution is 0.0691. The zero-order valence-corrected chi connectivity index (χ0v) is 10.4. The van der Waals surface area contributed by atoms with Crippen LogP contribution in [-0.2, 0) is 6.61 Å². The summed E-state index contributed by atoms with van der Waals surface area (Å²) in [5.41, 5.74) is 0.825. The van der Waals surface area contributed by atoms with Gasteiger partial charge < -0.3 is 9.84 Å². The second kappa shape index (κ2) is 5.52. The smallest absolute Gasteiger partial charge is 0.338 e. The molecular weight excluding hydrogens is 247 g/mol. The summed E-state index contributed by atoms with van der Waals surface area (Å²) in [5.74, 6) is -1.37. The quantitative estimate of drug-likeness (QED) is 0.916. The van der Waals surface area contributed by atoms with E-state index in [1.54, 1.807) is 6.07 Å². The summed E-state index contributed by atoms with van der Waals surface area (Å²) in [6, 6.07) is 11.6. The van der Waals surface area contributed by atoms with Gasteiger partial charge in [-0.2, -0.15) is 0 Å². The molecule has 98 valence electrons. The Morgan fingerprint density at radius 2 is 1.95 bits per heavy atom. The van der Waals surface area contributed by atoms with Crippen LogP contribution >= 0.6 is 0 Å². The van der Waals surface area contributed by atoms with Gasteiger partial charge in [0.05, 0.1) is 5.56 Å². The number of carboxylic acid groups (broad SMARTS) is 1. The topological polar surface area (TPSA) is 46.5 Å². The van der Waals surface area contributed by atoms with Crippen molar-refractivity contribution in [2.75, 3.05) is 0 Å². The zero-order valence-electron chi connectivity index (χ0n) is 10.4. The van der Waals surface area contributed by atoms with Crippen LogP contribution in [0.1, 0.15) is 21.5 Å². The fraction of sp³-hybridized carbons (Fsp3) is 0.133. The molecule has 0 saturated heterocycles. The maximum atomic E-state index is 13.9. The predicted molar refractivity (Wildman–Crippen MR) is 68.9 cm³/mol. The van der Waals surface area contributed by atoms with E-state index in [0.29, 0.717) is 5.75 Å². The van der Waals surface area contributed by atoms with Crippen molar-refractivity contribution in [1.29, 1.82) is 0 Å². The summed E-state index contributed by atoms with van der Waals surface area (Å²) in [7, 11) is 0. The molecule has 0 spiro atoms. The van der Waals surface area contributed by atoms with E-state index in [9.17, 15) is 9.18 Å². The Morgan fingerprint density at radius 3 is 2.63 bits per heavy atom. The van der Waals surface area contributed by atoms with Crippen molar-refractivity contribution in [2.45, 2.75) is 13.5 Å². The minimum Gasteiger partial charge on any atom is -0.489 e. The van der Waals surface area contributed by atoms with Crippen LogP contribution in [0.5, 0.6) is 5.75 Å². The Labute approximate surface area is 110 Å². The van der Waals surface area contributed by atoms with Crippen LogP contribution in [0, 0.1) is 12.7 Å². The fourth-order valence-electron chi connectivity index (χ4n) is 1.73. The first-order chi connectivity index (χ1) is 9.09. The minimum atomic E-state index is -1.28. The maximum absolute atomic E-state index is 13.9. The van der Waals surface area contributed by atoms with Gasteiger partial charge >= 0.3 is 5.97 Å². The Balaban J connectivity index is 2.19. The highest BCUT2D eigenvalue weighted by Crippen LogP contribution is 2.20. The maximum Gasteiger partial charge on any atom is 0.338 e. The van der Waals surface area contributed by atoms with Gasteiger partial charge in [-0.3, -0.25) is 0 Å². The van der Waals surface area contributed by atoms with Gasteiger partial charge in [0.2, 0.25) is 0 Å². The number of hydrogen-bond acceptors (Lipinski definition) is 2. The summed E-state index contributed by atoms with van der Waals surface area (Å²) in [5, 5.41) is 8.84. The van der Waals surface area contributed by atoms with E-state index in [2.05, 4.69) is 0 Å². The number of hydrogen-bond donors (Lipinski definition) is 1. The van der Waals surface area contributed by atoms with Crippen LogP contribution < -0.4 is 4.74 Å². The monoisotopic (exact) mass is 260 g/mol. The molecule has 0 radical (unpaired) electrons. The number of halogens is 1. The molecule has 0 saturated carbocycles. The average Bonchev–Trinajstić information content (AvgIpc) is 2.39. The molecule has 0 heterocycles. The van der Waals surface area contributed by atoms with Gasteiger partial charge in [-0.05, 0) is 24.6 Å². The van der Waals surface area contributed by atoms with Gasteiger partial charge in [0, 0.05) is 5.56 Å². The molecule has 0 aliphatic rings. The number of carboxylic acids is 1. The number of benzene rings is 2. The molecule has 4 heteroatoms. The summed E-state index contributed by atoms with van der Waals surface area (Å²) >= 11 is 0. The SMILES string of the molecule is Cc1ccccc1OCc1cccc(C(=O)O)c1F. The standard InChI is InChI=1S/C15H13FO3/c1-10-5-2-3-8-13(10)19-9-11-6-4-7-12(14(11)16)15(17)18/h2-8H,9H2,1H3,(H,17,18). The second-order valence-corrected chi connectivity index (χ2v) is 4.14. The van der Waals surface area contributed by atoms with Crippen molar-refractivity contribution in [3.05, 3.63) is 65.0 Å². The molecule has 0 aromatic heterocycles. The molecule has 0 amide bonds. The first-order valence-corrected chi connectivity index (χ1v) is 5.78. The Bertz CT molecular complexity index is 608. The molecular formula is C15H13FO3. The number of aryl methyl sites for hydroxylation is 1. The fourth-order valence-corrected chi connectivity index (χ4v) is 1.73. The van der Waals surface area contributed by atoms with Gasteiger partial charge in [0.25, 0.3) is 0 Å². The third kappa shape index (κ3) is 2.91. The van der Waals surface area contributed by atoms with Gasteiger partial charge in [-0.15, -0.1) is 0 Å². The highest BCUT2D eigenvalue weighted by atomic mass is 19.1. The molecule has 0 aliphatic carbocycles. The van der Waals surface area contributed by atoms with Crippen LogP contribution in [0.3, 0.4) is 0 Å². The van der Waals surface area contributed by atoms with Crippen LogP contribution in [-0.4, -0.2) is 11.1 Å². The molecule has 19 heavy (non-hydrogen) atoms. The van der Waals surface area contributed by atoms with Crippen LogP contribution in [0.25, 0.3) is 0 Å². The van der Waals surface area contributed by atoms with Crippen molar-refractivity contribution in [1.82, 2.24) is 0 Å². The Kier molecular flexibility index (Phi) is 3.80. The van der Waals surface area contributed by atoms with Crippen molar-refractivity contribution >= 4 is 5.97 Å². The van der Waals surface area contributed by atoms with Gasteiger partial charge in [0.15, 0.2) is 0 Å². The molecule has 0 fully saturated rings. The lowest BCUT2D eigenvalue weighted by atomic mass is 10.1.